The molecule has 1 atom stereocenters. The van der Waals surface area contributed by atoms with E-state index in [1.807, 2.05) is 0 Å². The normalized spacial score (nSPS) is 17.0. The largest absolute Gasteiger partial charge is 0.508 e. The summed E-state index contributed by atoms with van der Waals surface area (Å²) < 4.78 is 10.2. The van der Waals surface area contributed by atoms with E-state index < -0.39 is 5.97 Å². The molecule has 2 aromatic carbocycles. The lowest BCUT2D eigenvalue weighted by molar-refractivity contribution is -0.135. The number of rotatable bonds is 2. The van der Waals surface area contributed by atoms with E-state index in [1.54, 1.807) is 18.2 Å². The van der Waals surface area contributed by atoms with Crippen LogP contribution in [0.1, 0.15) is 23.5 Å². The highest BCUT2D eigenvalue weighted by molar-refractivity contribution is 5.78. The molecule has 5 nitrogen and oxygen atoms in total. The van der Waals surface area contributed by atoms with Gasteiger partial charge in [0.25, 0.3) is 0 Å². The number of hydrogen-bond donors (Lipinski definition) is 2. The summed E-state index contributed by atoms with van der Waals surface area (Å²) in [7, 11) is 1.52. The molecule has 0 radical (unpaired) electrons. The van der Waals surface area contributed by atoms with Gasteiger partial charge in [-0.2, -0.15) is 0 Å². The Labute approximate surface area is 121 Å². The predicted octanol–water partition coefficient (Wildman–Crippen LogP) is 2.55. The average molecular weight is 286 g/mol. The minimum atomic E-state index is -0.395. The number of ether oxygens (including phenoxy) is 2. The highest BCUT2D eigenvalue weighted by Crippen LogP contribution is 2.43. The zero-order valence-corrected chi connectivity index (χ0v) is 11.4. The van der Waals surface area contributed by atoms with Crippen molar-refractivity contribution in [1.82, 2.24) is 0 Å². The van der Waals surface area contributed by atoms with E-state index in [-0.39, 0.29) is 23.8 Å². The summed E-state index contributed by atoms with van der Waals surface area (Å²) in [6, 6.07) is 9.61. The van der Waals surface area contributed by atoms with Crippen LogP contribution in [-0.4, -0.2) is 23.3 Å². The zero-order chi connectivity index (χ0) is 15.0. The number of carbonyl (C=O) groups is 1. The van der Waals surface area contributed by atoms with Crippen molar-refractivity contribution in [1.29, 1.82) is 0 Å². The summed E-state index contributed by atoms with van der Waals surface area (Å²) in [5.74, 6) is 0.252. The van der Waals surface area contributed by atoms with Crippen LogP contribution in [0.25, 0.3) is 0 Å². The van der Waals surface area contributed by atoms with Crippen LogP contribution in [0, 0.1) is 0 Å². The molecule has 1 heterocycles. The highest BCUT2D eigenvalue weighted by atomic mass is 16.5. The molecule has 2 aromatic rings. The van der Waals surface area contributed by atoms with Crippen LogP contribution < -0.4 is 9.47 Å². The molecule has 0 fully saturated rings. The van der Waals surface area contributed by atoms with E-state index in [0.29, 0.717) is 17.1 Å². The molecular formula is C16H14O5. The van der Waals surface area contributed by atoms with Gasteiger partial charge in [0.15, 0.2) is 0 Å². The van der Waals surface area contributed by atoms with Crippen LogP contribution in [0.4, 0.5) is 0 Å². The molecule has 0 aliphatic carbocycles. The van der Waals surface area contributed by atoms with Gasteiger partial charge in [0.05, 0.1) is 13.5 Å². The lowest BCUT2D eigenvalue weighted by Gasteiger charge is -2.25. The van der Waals surface area contributed by atoms with Crippen LogP contribution >= 0.6 is 0 Å². The number of fused-ring (bicyclic) bond motifs is 1. The van der Waals surface area contributed by atoms with Crippen molar-refractivity contribution in [3.8, 4) is 23.0 Å². The molecule has 3 rings (SSSR count). The number of aromatic hydroxyl groups is 2. The van der Waals surface area contributed by atoms with E-state index in [2.05, 4.69) is 0 Å². The minimum absolute atomic E-state index is 0.0288. The summed E-state index contributed by atoms with van der Waals surface area (Å²) in [5, 5.41) is 19.7. The first-order chi connectivity index (χ1) is 10.1. The third kappa shape index (κ3) is 2.38. The smallest absolute Gasteiger partial charge is 0.312 e. The summed E-state index contributed by atoms with van der Waals surface area (Å²) in [5.41, 5.74) is 1.38. The Kier molecular flexibility index (Phi) is 3.17. The fourth-order valence-electron chi connectivity index (χ4n) is 2.56. The summed E-state index contributed by atoms with van der Waals surface area (Å²) >= 11 is 0. The van der Waals surface area contributed by atoms with Gasteiger partial charge in [0.1, 0.15) is 23.0 Å². The Morgan fingerprint density at radius 1 is 1.14 bits per heavy atom. The molecule has 1 unspecified atom stereocenters. The predicted molar refractivity (Wildman–Crippen MR) is 74.9 cm³/mol. The fraction of sp³-hybridized carbons (Fsp3) is 0.188. The van der Waals surface area contributed by atoms with Crippen molar-refractivity contribution in [3.63, 3.8) is 0 Å². The number of esters is 1. The maximum atomic E-state index is 11.7. The van der Waals surface area contributed by atoms with E-state index in [1.165, 1.54) is 25.3 Å². The zero-order valence-electron chi connectivity index (χ0n) is 11.4. The molecule has 0 bridgehead atoms. The number of hydrogen-bond acceptors (Lipinski definition) is 5. The Balaban J connectivity index is 2.09. The second kappa shape index (κ2) is 5.01. The van der Waals surface area contributed by atoms with Crippen molar-refractivity contribution in [2.45, 2.75) is 12.3 Å². The topological polar surface area (TPSA) is 76.0 Å². The van der Waals surface area contributed by atoms with Crippen molar-refractivity contribution >= 4 is 5.97 Å². The number of methoxy groups -OCH3 is 1. The van der Waals surface area contributed by atoms with Gasteiger partial charge < -0.3 is 19.7 Å². The molecule has 0 aromatic heterocycles. The quantitative estimate of drug-likeness (QED) is 0.655. The van der Waals surface area contributed by atoms with Gasteiger partial charge in [-0.05, 0) is 12.1 Å². The first-order valence-corrected chi connectivity index (χ1v) is 6.49. The minimum Gasteiger partial charge on any atom is -0.508 e. The van der Waals surface area contributed by atoms with Gasteiger partial charge in [-0.1, -0.05) is 12.1 Å². The van der Waals surface area contributed by atoms with E-state index >= 15 is 0 Å². The molecule has 5 heteroatoms. The van der Waals surface area contributed by atoms with Gasteiger partial charge in [-0.3, -0.25) is 4.79 Å². The first kappa shape index (κ1) is 13.3. The number of phenols is 2. The summed E-state index contributed by atoms with van der Waals surface area (Å²) in [6.07, 6.45) is 0.137. The monoisotopic (exact) mass is 286 g/mol. The van der Waals surface area contributed by atoms with Crippen molar-refractivity contribution < 1.29 is 24.5 Å². The second-order valence-corrected chi connectivity index (χ2v) is 4.88. The number of carbonyl (C=O) groups excluding carboxylic acids is 1. The van der Waals surface area contributed by atoms with Gasteiger partial charge >= 0.3 is 5.97 Å². The van der Waals surface area contributed by atoms with Crippen LogP contribution in [0.2, 0.25) is 0 Å². The fourth-order valence-corrected chi connectivity index (χ4v) is 2.56. The highest BCUT2D eigenvalue weighted by Gasteiger charge is 2.30. The Morgan fingerprint density at radius 2 is 1.90 bits per heavy atom. The summed E-state index contributed by atoms with van der Waals surface area (Å²) in [6.45, 7) is 0. The van der Waals surface area contributed by atoms with Crippen LogP contribution in [0.5, 0.6) is 23.0 Å². The van der Waals surface area contributed by atoms with E-state index in [0.717, 1.165) is 5.56 Å². The van der Waals surface area contributed by atoms with Crippen molar-refractivity contribution in [2.75, 3.05) is 7.11 Å². The van der Waals surface area contributed by atoms with Crippen molar-refractivity contribution in [3.05, 3.63) is 47.5 Å². The lowest BCUT2D eigenvalue weighted by Crippen LogP contribution is -2.20. The molecule has 0 amide bonds. The summed E-state index contributed by atoms with van der Waals surface area (Å²) in [4.78, 5) is 11.7. The van der Waals surface area contributed by atoms with Crippen LogP contribution in [0.3, 0.4) is 0 Å². The van der Waals surface area contributed by atoms with Crippen molar-refractivity contribution in [2.24, 2.45) is 0 Å². The molecule has 0 saturated carbocycles. The maximum absolute atomic E-state index is 11.7. The molecule has 0 saturated heterocycles. The Morgan fingerprint density at radius 3 is 2.62 bits per heavy atom. The SMILES string of the molecule is COc1ccc(C2CC(=O)Oc3cc(O)ccc32)c(O)c1. The Bertz CT molecular complexity index is 708. The third-order valence-corrected chi connectivity index (χ3v) is 3.58. The molecule has 1 aliphatic heterocycles. The van der Waals surface area contributed by atoms with Gasteiger partial charge in [-0.25, -0.2) is 0 Å². The molecule has 1 aliphatic rings. The molecular weight excluding hydrogens is 272 g/mol. The third-order valence-electron chi connectivity index (χ3n) is 3.58. The molecule has 108 valence electrons. The van der Waals surface area contributed by atoms with Gasteiger partial charge in [-0.15, -0.1) is 0 Å². The van der Waals surface area contributed by atoms with E-state index in [4.69, 9.17) is 9.47 Å². The first-order valence-electron chi connectivity index (χ1n) is 6.49. The van der Waals surface area contributed by atoms with Crippen LogP contribution in [0.15, 0.2) is 36.4 Å². The second-order valence-electron chi connectivity index (χ2n) is 4.88. The maximum Gasteiger partial charge on any atom is 0.312 e. The Hall–Kier alpha value is -2.69. The number of phenolic OH excluding ortho intramolecular Hbond substituents is 2. The number of benzene rings is 2. The van der Waals surface area contributed by atoms with Gasteiger partial charge in [0.2, 0.25) is 0 Å². The molecule has 0 spiro atoms. The van der Waals surface area contributed by atoms with E-state index in [9.17, 15) is 15.0 Å². The molecule has 21 heavy (non-hydrogen) atoms. The standard InChI is InChI=1S/C16H14O5/c1-20-10-3-5-11(14(18)7-10)13-8-16(19)21-15-6-9(17)2-4-12(13)15/h2-7,13,17-18H,8H2,1H3. The average Bonchev–Trinajstić information content (AvgIpc) is 2.45. The van der Waals surface area contributed by atoms with Gasteiger partial charge in [0, 0.05) is 29.2 Å². The molecule has 2 N–H and O–H groups in total. The lowest BCUT2D eigenvalue weighted by atomic mass is 9.86. The van der Waals surface area contributed by atoms with Crippen LogP contribution in [-0.2, 0) is 4.79 Å².